The Kier molecular flexibility index (Phi) is 3.03. The average molecular weight is 194 g/mol. The van der Waals surface area contributed by atoms with Gasteiger partial charge in [0.1, 0.15) is 0 Å². The summed E-state index contributed by atoms with van der Waals surface area (Å²) in [6.45, 7) is 11.1. The molecule has 0 spiro atoms. The van der Waals surface area contributed by atoms with Crippen molar-refractivity contribution in [1.29, 1.82) is 0 Å². The van der Waals surface area contributed by atoms with Crippen molar-refractivity contribution in [3.63, 3.8) is 0 Å². The van der Waals surface area contributed by atoms with E-state index < -0.39 is 0 Å². The Hall–Kier alpha value is -0.790. The van der Waals surface area contributed by atoms with Crippen molar-refractivity contribution in [3.05, 3.63) is 17.0 Å². The number of rotatable bonds is 3. The molecule has 1 aromatic heterocycles. The molecule has 14 heavy (non-hydrogen) atoms. The van der Waals surface area contributed by atoms with Crippen LogP contribution in [0.2, 0.25) is 0 Å². The third kappa shape index (κ3) is 1.58. The zero-order valence-corrected chi connectivity index (χ0v) is 10.3. The summed E-state index contributed by atoms with van der Waals surface area (Å²) in [7, 11) is 2.03. The first-order valence-corrected chi connectivity index (χ1v) is 5.47. The van der Waals surface area contributed by atoms with Gasteiger partial charge in [-0.1, -0.05) is 20.8 Å². The van der Waals surface area contributed by atoms with Gasteiger partial charge in [-0.3, -0.25) is 4.68 Å². The molecule has 0 N–H and O–H groups in total. The van der Waals surface area contributed by atoms with Gasteiger partial charge >= 0.3 is 0 Å². The molecule has 2 heteroatoms. The van der Waals surface area contributed by atoms with E-state index in [4.69, 9.17) is 0 Å². The van der Waals surface area contributed by atoms with E-state index in [0.717, 1.165) is 0 Å². The van der Waals surface area contributed by atoms with Crippen LogP contribution in [0.3, 0.4) is 0 Å². The molecule has 2 nitrogen and oxygen atoms in total. The van der Waals surface area contributed by atoms with Crippen molar-refractivity contribution in [2.75, 3.05) is 0 Å². The van der Waals surface area contributed by atoms with Crippen LogP contribution >= 0.6 is 0 Å². The topological polar surface area (TPSA) is 17.8 Å². The highest BCUT2D eigenvalue weighted by Gasteiger charge is 2.28. The van der Waals surface area contributed by atoms with Gasteiger partial charge in [-0.15, -0.1) is 0 Å². The minimum absolute atomic E-state index is 0.294. The van der Waals surface area contributed by atoms with Crippen LogP contribution in [0, 0.1) is 13.8 Å². The Morgan fingerprint density at radius 2 is 1.71 bits per heavy atom. The van der Waals surface area contributed by atoms with Gasteiger partial charge in [0, 0.05) is 18.3 Å². The minimum atomic E-state index is 0.294. The molecule has 0 saturated heterocycles. The van der Waals surface area contributed by atoms with Crippen molar-refractivity contribution in [2.24, 2.45) is 7.05 Å². The first-order chi connectivity index (χ1) is 6.46. The predicted molar refractivity (Wildman–Crippen MR) is 60.6 cm³/mol. The molecule has 0 radical (unpaired) electrons. The molecule has 1 aromatic rings. The van der Waals surface area contributed by atoms with Crippen LogP contribution in [0.25, 0.3) is 0 Å². The molecule has 0 aliphatic rings. The zero-order chi connectivity index (χ0) is 10.9. The van der Waals surface area contributed by atoms with E-state index in [1.54, 1.807) is 0 Å². The second kappa shape index (κ2) is 3.76. The third-order valence-electron chi connectivity index (χ3n) is 3.67. The lowest BCUT2D eigenvalue weighted by atomic mass is 9.77. The summed E-state index contributed by atoms with van der Waals surface area (Å²) < 4.78 is 1.99. The van der Waals surface area contributed by atoms with E-state index in [-0.39, 0.29) is 0 Å². The number of nitrogens with zero attached hydrogens (tertiary/aromatic N) is 2. The summed E-state index contributed by atoms with van der Waals surface area (Å²) in [6, 6.07) is 0. The Bertz CT molecular complexity index is 319. The molecule has 0 aliphatic heterocycles. The maximum atomic E-state index is 4.49. The van der Waals surface area contributed by atoms with Crippen LogP contribution in [-0.2, 0) is 12.5 Å². The van der Waals surface area contributed by atoms with Crippen molar-refractivity contribution in [2.45, 2.75) is 52.9 Å². The Morgan fingerprint density at radius 3 is 2.00 bits per heavy atom. The maximum absolute atomic E-state index is 4.49. The fourth-order valence-corrected chi connectivity index (χ4v) is 2.25. The van der Waals surface area contributed by atoms with Crippen LogP contribution in [-0.4, -0.2) is 9.78 Å². The van der Waals surface area contributed by atoms with E-state index in [0.29, 0.717) is 5.41 Å². The highest BCUT2D eigenvalue weighted by Crippen LogP contribution is 2.34. The van der Waals surface area contributed by atoms with Gasteiger partial charge in [-0.25, -0.2) is 0 Å². The van der Waals surface area contributed by atoms with Crippen molar-refractivity contribution >= 4 is 0 Å². The van der Waals surface area contributed by atoms with Gasteiger partial charge in [0.2, 0.25) is 0 Å². The van der Waals surface area contributed by atoms with Gasteiger partial charge in [-0.05, 0) is 32.1 Å². The second-order valence-corrected chi connectivity index (χ2v) is 4.44. The molecule has 0 amide bonds. The largest absolute Gasteiger partial charge is 0.272 e. The summed E-state index contributed by atoms with van der Waals surface area (Å²) in [5.74, 6) is 0. The zero-order valence-electron chi connectivity index (χ0n) is 10.3. The summed E-state index contributed by atoms with van der Waals surface area (Å²) in [5, 5.41) is 4.49. The summed E-state index contributed by atoms with van der Waals surface area (Å²) in [5.41, 5.74) is 4.25. The fourth-order valence-electron chi connectivity index (χ4n) is 2.25. The van der Waals surface area contributed by atoms with Gasteiger partial charge in [0.25, 0.3) is 0 Å². The quantitative estimate of drug-likeness (QED) is 0.723. The molecule has 1 heterocycles. The van der Waals surface area contributed by atoms with Crippen LogP contribution in [0.1, 0.15) is 50.6 Å². The highest BCUT2D eigenvalue weighted by molar-refractivity contribution is 5.32. The molecule has 0 unspecified atom stereocenters. The SMILES string of the molecule is CCC(C)(CC)c1c(C)nn(C)c1C. The monoisotopic (exact) mass is 194 g/mol. The van der Waals surface area contributed by atoms with Crippen molar-refractivity contribution < 1.29 is 0 Å². The van der Waals surface area contributed by atoms with E-state index in [1.165, 1.54) is 29.8 Å². The predicted octanol–water partition coefficient (Wildman–Crippen LogP) is 3.11. The molecular formula is C12H22N2. The Morgan fingerprint density at radius 1 is 1.21 bits per heavy atom. The molecule has 80 valence electrons. The van der Waals surface area contributed by atoms with Crippen LogP contribution in [0.15, 0.2) is 0 Å². The van der Waals surface area contributed by atoms with E-state index >= 15 is 0 Å². The van der Waals surface area contributed by atoms with Gasteiger partial charge in [0.05, 0.1) is 5.69 Å². The number of hydrogen-bond acceptors (Lipinski definition) is 1. The fraction of sp³-hybridized carbons (Fsp3) is 0.750. The molecule has 0 aromatic carbocycles. The first kappa shape index (κ1) is 11.3. The lowest BCUT2D eigenvalue weighted by Gasteiger charge is -2.27. The third-order valence-corrected chi connectivity index (χ3v) is 3.67. The molecule has 0 bridgehead atoms. The standard InChI is InChI=1S/C12H22N2/c1-7-12(5,8-2)11-9(3)13-14(6)10(11)4/h7-8H2,1-6H3. The number of aryl methyl sites for hydroxylation is 2. The molecule has 0 aliphatic carbocycles. The van der Waals surface area contributed by atoms with Crippen LogP contribution in [0.5, 0.6) is 0 Å². The van der Waals surface area contributed by atoms with Crippen LogP contribution in [0.4, 0.5) is 0 Å². The van der Waals surface area contributed by atoms with E-state index in [2.05, 4.69) is 39.7 Å². The molecule has 0 fully saturated rings. The minimum Gasteiger partial charge on any atom is -0.272 e. The lowest BCUT2D eigenvalue weighted by molar-refractivity contribution is 0.434. The molecule has 0 saturated carbocycles. The normalized spacial score (nSPS) is 12.1. The highest BCUT2D eigenvalue weighted by atomic mass is 15.3. The summed E-state index contributed by atoms with van der Waals surface area (Å²) in [4.78, 5) is 0. The number of hydrogen-bond donors (Lipinski definition) is 0. The molecule has 0 atom stereocenters. The Labute approximate surface area is 87.3 Å². The van der Waals surface area contributed by atoms with Crippen molar-refractivity contribution in [3.8, 4) is 0 Å². The first-order valence-electron chi connectivity index (χ1n) is 5.47. The second-order valence-electron chi connectivity index (χ2n) is 4.44. The summed E-state index contributed by atoms with van der Waals surface area (Å²) >= 11 is 0. The maximum Gasteiger partial charge on any atom is 0.0633 e. The number of aromatic nitrogens is 2. The van der Waals surface area contributed by atoms with Gasteiger partial charge < -0.3 is 0 Å². The average Bonchev–Trinajstić information content (AvgIpc) is 2.41. The van der Waals surface area contributed by atoms with Crippen molar-refractivity contribution in [1.82, 2.24) is 9.78 Å². The Balaban J connectivity index is 3.29. The van der Waals surface area contributed by atoms with E-state index in [1.807, 2.05) is 11.7 Å². The lowest BCUT2D eigenvalue weighted by Crippen LogP contribution is -2.21. The summed E-state index contributed by atoms with van der Waals surface area (Å²) in [6.07, 6.45) is 2.35. The van der Waals surface area contributed by atoms with Gasteiger partial charge in [0.15, 0.2) is 0 Å². The van der Waals surface area contributed by atoms with E-state index in [9.17, 15) is 0 Å². The van der Waals surface area contributed by atoms with Gasteiger partial charge in [-0.2, -0.15) is 5.10 Å². The smallest absolute Gasteiger partial charge is 0.0633 e. The van der Waals surface area contributed by atoms with Crippen LogP contribution < -0.4 is 0 Å². The molecular weight excluding hydrogens is 172 g/mol. The molecule has 1 rings (SSSR count).